The van der Waals surface area contributed by atoms with E-state index in [9.17, 15) is 0 Å². The largest absolute Gasteiger partial charge is 0.497 e. The monoisotopic (exact) mass is 467 g/mol. The summed E-state index contributed by atoms with van der Waals surface area (Å²) in [5, 5.41) is 5.15. The molecule has 0 spiro atoms. The van der Waals surface area contributed by atoms with Gasteiger partial charge in [0.05, 0.1) is 18.3 Å². The molecule has 0 aliphatic carbocycles. The van der Waals surface area contributed by atoms with Crippen molar-refractivity contribution in [1.82, 2.24) is 4.90 Å². The van der Waals surface area contributed by atoms with Gasteiger partial charge >= 0.3 is 7.12 Å². The van der Waals surface area contributed by atoms with E-state index in [2.05, 4.69) is 106 Å². The minimum Gasteiger partial charge on any atom is -0.497 e. The van der Waals surface area contributed by atoms with Crippen molar-refractivity contribution in [1.29, 1.82) is 0 Å². The number of ether oxygens (including phenoxy) is 1. The van der Waals surface area contributed by atoms with Gasteiger partial charge in [-0.3, -0.25) is 4.90 Å². The zero-order valence-corrected chi connectivity index (χ0v) is 21.6. The third-order valence-corrected chi connectivity index (χ3v) is 7.61. The Morgan fingerprint density at radius 2 is 1.34 bits per heavy atom. The van der Waals surface area contributed by atoms with Crippen LogP contribution in [0.25, 0.3) is 21.5 Å². The van der Waals surface area contributed by atoms with Gasteiger partial charge in [-0.15, -0.1) is 0 Å². The lowest BCUT2D eigenvalue weighted by atomic mass is 9.75. The summed E-state index contributed by atoms with van der Waals surface area (Å²) in [5.41, 5.74) is 2.78. The Hall–Kier alpha value is -2.86. The van der Waals surface area contributed by atoms with Crippen LogP contribution in [0.2, 0.25) is 0 Å². The number of nitrogens with zero attached hydrogens (tertiary/aromatic N) is 1. The molecule has 1 saturated heterocycles. The van der Waals surface area contributed by atoms with Gasteiger partial charge in [-0.05, 0) is 91.1 Å². The lowest BCUT2D eigenvalue weighted by Crippen LogP contribution is -2.41. The molecule has 1 aliphatic rings. The van der Waals surface area contributed by atoms with Crippen LogP contribution in [-0.4, -0.2) is 37.4 Å². The maximum atomic E-state index is 6.40. The molecule has 1 heterocycles. The van der Waals surface area contributed by atoms with Crippen molar-refractivity contribution in [2.75, 3.05) is 14.2 Å². The number of fused-ring (bicyclic) bond motifs is 2. The molecule has 0 amide bonds. The van der Waals surface area contributed by atoms with Crippen LogP contribution in [-0.2, 0) is 22.4 Å². The molecule has 0 saturated carbocycles. The fourth-order valence-corrected chi connectivity index (χ4v) is 4.94. The van der Waals surface area contributed by atoms with Gasteiger partial charge in [-0.1, -0.05) is 54.6 Å². The molecule has 35 heavy (non-hydrogen) atoms. The predicted octanol–water partition coefficient (Wildman–Crippen LogP) is 5.93. The van der Waals surface area contributed by atoms with Crippen LogP contribution < -0.4 is 10.2 Å². The molecule has 180 valence electrons. The molecule has 0 radical (unpaired) electrons. The molecule has 0 N–H and O–H groups in total. The van der Waals surface area contributed by atoms with Gasteiger partial charge in [0, 0.05) is 13.1 Å². The highest BCUT2D eigenvalue weighted by Gasteiger charge is 2.52. The van der Waals surface area contributed by atoms with Crippen molar-refractivity contribution >= 4 is 34.1 Å². The Bertz CT molecular complexity index is 1310. The molecular weight excluding hydrogens is 433 g/mol. The van der Waals surface area contributed by atoms with Crippen LogP contribution in [0.5, 0.6) is 5.75 Å². The van der Waals surface area contributed by atoms with E-state index in [0.29, 0.717) is 0 Å². The SMILES string of the molecule is COc1ccc(B2OC(C)(C)C(C)(C)O2)c(CN(C)Cc2c3ccccc3cc3ccccc23)c1. The summed E-state index contributed by atoms with van der Waals surface area (Å²) < 4.78 is 18.4. The second kappa shape index (κ2) is 8.98. The zero-order valence-electron chi connectivity index (χ0n) is 21.6. The maximum Gasteiger partial charge on any atom is 0.495 e. The minimum atomic E-state index is -0.410. The molecule has 4 aromatic carbocycles. The van der Waals surface area contributed by atoms with Crippen molar-refractivity contribution in [2.45, 2.75) is 52.0 Å². The number of benzene rings is 4. The zero-order chi connectivity index (χ0) is 24.8. The van der Waals surface area contributed by atoms with Gasteiger partial charge in [-0.25, -0.2) is 0 Å². The van der Waals surface area contributed by atoms with E-state index in [1.165, 1.54) is 27.1 Å². The lowest BCUT2D eigenvalue weighted by Gasteiger charge is -2.32. The highest BCUT2D eigenvalue weighted by Crippen LogP contribution is 2.37. The van der Waals surface area contributed by atoms with E-state index < -0.39 is 7.12 Å². The molecule has 4 aromatic rings. The number of hydrogen-bond donors (Lipinski definition) is 0. The van der Waals surface area contributed by atoms with Crippen molar-refractivity contribution < 1.29 is 14.0 Å². The number of rotatable bonds is 6. The highest BCUT2D eigenvalue weighted by molar-refractivity contribution is 6.62. The van der Waals surface area contributed by atoms with Gasteiger partial charge < -0.3 is 14.0 Å². The Kier molecular flexibility index (Phi) is 6.12. The first kappa shape index (κ1) is 23.9. The average Bonchev–Trinajstić information content (AvgIpc) is 3.05. The molecule has 5 rings (SSSR count). The summed E-state index contributed by atoms with van der Waals surface area (Å²) in [5.74, 6) is 0.837. The molecule has 0 bridgehead atoms. The van der Waals surface area contributed by atoms with Crippen LogP contribution >= 0.6 is 0 Å². The molecule has 0 aromatic heterocycles. The van der Waals surface area contributed by atoms with Gasteiger partial charge in [0.2, 0.25) is 0 Å². The fourth-order valence-electron chi connectivity index (χ4n) is 4.94. The van der Waals surface area contributed by atoms with E-state index in [1.54, 1.807) is 7.11 Å². The van der Waals surface area contributed by atoms with Crippen molar-refractivity contribution in [3.63, 3.8) is 0 Å². The average molecular weight is 467 g/mol. The van der Waals surface area contributed by atoms with Crippen molar-refractivity contribution in [2.24, 2.45) is 0 Å². The second-order valence-electron chi connectivity index (χ2n) is 10.6. The van der Waals surface area contributed by atoms with Crippen LogP contribution in [0.1, 0.15) is 38.8 Å². The quantitative estimate of drug-likeness (QED) is 0.260. The molecule has 0 atom stereocenters. The van der Waals surface area contributed by atoms with Gasteiger partial charge in [-0.2, -0.15) is 0 Å². The Morgan fingerprint density at radius 1 is 0.771 bits per heavy atom. The second-order valence-corrected chi connectivity index (χ2v) is 10.6. The van der Waals surface area contributed by atoms with E-state index in [4.69, 9.17) is 14.0 Å². The first-order chi connectivity index (χ1) is 16.7. The summed E-state index contributed by atoms with van der Waals surface area (Å²) in [6, 6.07) is 25.8. The molecular formula is C30H34BNO3. The third-order valence-electron chi connectivity index (χ3n) is 7.61. The topological polar surface area (TPSA) is 30.9 Å². The van der Waals surface area contributed by atoms with E-state index in [-0.39, 0.29) is 11.2 Å². The van der Waals surface area contributed by atoms with Crippen LogP contribution in [0.15, 0.2) is 72.8 Å². The Morgan fingerprint density at radius 3 is 1.91 bits per heavy atom. The number of methoxy groups -OCH3 is 1. The smallest absolute Gasteiger partial charge is 0.495 e. The highest BCUT2D eigenvalue weighted by atomic mass is 16.7. The minimum absolute atomic E-state index is 0.386. The van der Waals surface area contributed by atoms with E-state index in [1.807, 2.05) is 6.07 Å². The van der Waals surface area contributed by atoms with Gasteiger partial charge in [0.1, 0.15) is 5.75 Å². The summed E-state index contributed by atoms with van der Waals surface area (Å²) >= 11 is 0. The van der Waals surface area contributed by atoms with Gasteiger partial charge in [0.15, 0.2) is 0 Å². The summed E-state index contributed by atoms with van der Waals surface area (Å²) in [7, 11) is 3.47. The summed E-state index contributed by atoms with van der Waals surface area (Å²) in [6.45, 7) is 9.93. The van der Waals surface area contributed by atoms with Crippen LogP contribution in [0.4, 0.5) is 0 Å². The molecule has 4 nitrogen and oxygen atoms in total. The normalized spacial score (nSPS) is 16.9. The van der Waals surface area contributed by atoms with Gasteiger partial charge in [0.25, 0.3) is 0 Å². The van der Waals surface area contributed by atoms with Crippen LogP contribution in [0.3, 0.4) is 0 Å². The molecule has 5 heteroatoms. The Balaban J connectivity index is 1.49. The van der Waals surface area contributed by atoms with Crippen molar-refractivity contribution in [3.05, 3.63) is 83.9 Å². The number of hydrogen-bond acceptors (Lipinski definition) is 4. The van der Waals surface area contributed by atoms with Crippen LogP contribution in [0, 0.1) is 0 Å². The fraction of sp³-hybridized carbons (Fsp3) is 0.333. The molecule has 1 aliphatic heterocycles. The van der Waals surface area contributed by atoms with Crippen molar-refractivity contribution in [3.8, 4) is 5.75 Å². The summed E-state index contributed by atoms with van der Waals surface area (Å²) in [6.07, 6.45) is 0. The van der Waals surface area contributed by atoms with E-state index in [0.717, 1.165) is 29.9 Å². The maximum absolute atomic E-state index is 6.40. The molecule has 1 fully saturated rings. The summed E-state index contributed by atoms with van der Waals surface area (Å²) in [4.78, 5) is 2.36. The molecule has 0 unspecified atom stereocenters. The van der Waals surface area contributed by atoms with E-state index >= 15 is 0 Å². The predicted molar refractivity (Wildman–Crippen MR) is 145 cm³/mol. The standard InChI is InChI=1S/C30H34BNO3/c1-29(2)30(3,4)35-31(34-29)28-16-15-24(33-6)18-23(28)19-32(5)20-27-25-13-9-7-11-21(25)17-22-12-8-10-14-26(22)27/h7-18H,19-20H2,1-6H3. The first-order valence-corrected chi connectivity index (χ1v) is 12.3. The first-order valence-electron chi connectivity index (χ1n) is 12.3. The third kappa shape index (κ3) is 4.45. The lowest BCUT2D eigenvalue weighted by molar-refractivity contribution is 0.00578. The Labute approximate surface area is 208 Å².